The van der Waals surface area contributed by atoms with E-state index in [9.17, 15) is 4.79 Å². The van der Waals surface area contributed by atoms with E-state index in [1.807, 2.05) is 35.8 Å². The van der Waals surface area contributed by atoms with Crippen LogP contribution in [-0.4, -0.2) is 34.6 Å². The lowest BCUT2D eigenvalue weighted by atomic mass is 9.87. The van der Waals surface area contributed by atoms with E-state index >= 15 is 0 Å². The Morgan fingerprint density at radius 2 is 1.83 bits per heavy atom. The number of hydrogen-bond donors (Lipinski definition) is 0. The molecule has 5 rings (SSSR count). The number of para-hydroxylation sites is 1. The molecule has 2 aromatic heterocycles. The van der Waals surface area contributed by atoms with Crippen LogP contribution < -0.4 is 5.69 Å². The first-order valence-electron chi connectivity index (χ1n) is 12.9. The maximum atomic E-state index is 13.3. The lowest BCUT2D eigenvalue weighted by Crippen LogP contribution is -2.27. The maximum absolute atomic E-state index is 13.3. The van der Waals surface area contributed by atoms with Crippen LogP contribution in [0.3, 0.4) is 0 Å². The van der Waals surface area contributed by atoms with Gasteiger partial charge in [0.2, 0.25) is 0 Å². The van der Waals surface area contributed by atoms with E-state index in [1.165, 1.54) is 32.1 Å². The predicted molar refractivity (Wildman–Crippen MR) is 140 cm³/mol. The molecule has 0 unspecified atom stereocenters. The lowest BCUT2D eigenvalue weighted by Gasteiger charge is -2.20. The van der Waals surface area contributed by atoms with Gasteiger partial charge in [0, 0.05) is 18.5 Å². The Hall–Kier alpha value is -3.81. The zero-order valence-electron chi connectivity index (χ0n) is 20.8. The zero-order chi connectivity index (χ0) is 24.7. The highest BCUT2D eigenvalue weighted by molar-refractivity contribution is 5.72. The molecule has 0 saturated heterocycles. The van der Waals surface area contributed by atoms with Crippen molar-refractivity contribution in [2.45, 2.75) is 65.0 Å². The van der Waals surface area contributed by atoms with Gasteiger partial charge in [-0.3, -0.25) is 4.57 Å². The summed E-state index contributed by atoms with van der Waals surface area (Å²) in [5.74, 6) is 1.54. The molecule has 0 aliphatic heterocycles. The predicted octanol–water partition coefficient (Wildman–Crippen LogP) is 4.82. The molecule has 8 heteroatoms. The van der Waals surface area contributed by atoms with Crippen molar-refractivity contribution in [2.75, 3.05) is 0 Å². The Kier molecular flexibility index (Phi) is 7.50. The van der Waals surface area contributed by atoms with E-state index in [2.05, 4.69) is 51.9 Å². The fourth-order valence-electron chi connectivity index (χ4n) is 5.11. The van der Waals surface area contributed by atoms with Gasteiger partial charge >= 0.3 is 5.69 Å². The molecule has 0 atom stereocenters. The average molecular weight is 484 g/mol. The van der Waals surface area contributed by atoms with Gasteiger partial charge in [-0.25, -0.2) is 9.48 Å². The van der Waals surface area contributed by atoms with Crippen LogP contribution >= 0.6 is 0 Å². The smallest absolute Gasteiger partial charge is 0.274 e. The van der Waals surface area contributed by atoms with Gasteiger partial charge in [-0.15, -0.1) is 5.10 Å². The molecule has 0 bridgehead atoms. The van der Waals surface area contributed by atoms with Gasteiger partial charge in [0.05, 0.1) is 12.2 Å². The van der Waals surface area contributed by atoms with Crippen molar-refractivity contribution < 1.29 is 0 Å². The number of aromatic nitrogens is 7. The van der Waals surface area contributed by atoms with Crippen LogP contribution in [0.25, 0.3) is 16.8 Å². The summed E-state index contributed by atoms with van der Waals surface area (Å²) in [5, 5.41) is 16.3. The second-order valence-electron chi connectivity index (χ2n) is 9.54. The highest BCUT2D eigenvalue weighted by Gasteiger charge is 2.17. The molecular formula is C28H33N7O. The minimum atomic E-state index is -0.0154. The first kappa shape index (κ1) is 23.9. The Labute approximate surface area is 211 Å². The van der Waals surface area contributed by atoms with Gasteiger partial charge in [0.1, 0.15) is 12.2 Å². The molecule has 8 nitrogen and oxygen atoms in total. The minimum Gasteiger partial charge on any atom is -0.274 e. The number of aryl methyl sites for hydroxylation is 1. The van der Waals surface area contributed by atoms with Gasteiger partial charge in [-0.1, -0.05) is 86.7 Å². The Balaban J connectivity index is 1.36. The van der Waals surface area contributed by atoms with Crippen LogP contribution in [0.4, 0.5) is 0 Å². The molecule has 0 amide bonds. The van der Waals surface area contributed by atoms with Gasteiger partial charge < -0.3 is 0 Å². The normalized spacial score (nSPS) is 14.6. The first-order valence-corrected chi connectivity index (χ1v) is 12.9. The molecule has 1 saturated carbocycles. The summed E-state index contributed by atoms with van der Waals surface area (Å²) < 4.78 is 5.17. The van der Waals surface area contributed by atoms with Crippen LogP contribution in [-0.2, 0) is 19.5 Å². The van der Waals surface area contributed by atoms with E-state index in [0.717, 1.165) is 40.5 Å². The summed E-state index contributed by atoms with van der Waals surface area (Å²) in [7, 11) is 0. The molecule has 2 heterocycles. The van der Waals surface area contributed by atoms with Gasteiger partial charge in [0.15, 0.2) is 0 Å². The van der Waals surface area contributed by atoms with Crippen molar-refractivity contribution in [3.05, 3.63) is 88.9 Å². The third-order valence-corrected chi connectivity index (χ3v) is 7.11. The highest BCUT2D eigenvalue weighted by atomic mass is 16.2. The molecule has 2 aromatic carbocycles. The molecule has 1 fully saturated rings. The van der Waals surface area contributed by atoms with Crippen LogP contribution in [0.15, 0.2) is 71.8 Å². The summed E-state index contributed by atoms with van der Waals surface area (Å²) in [6.45, 7) is 3.20. The summed E-state index contributed by atoms with van der Waals surface area (Å²) >= 11 is 0. The van der Waals surface area contributed by atoms with Crippen LogP contribution in [0, 0.1) is 5.92 Å². The van der Waals surface area contributed by atoms with Crippen molar-refractivity contribution in [3.63, 3.8) is 0 Å². The van der Waals surface area contributed by atoms with Gasteiger partial charge in [-0.05, 0) is 46.9 Å². The van der Waals surface area contributed by atoms with E-state index in [0.29, 0.717) is 19.5 Å². The van der Waals surface area contributed by atoms with E-state index < -0.39 is 0 Å². The zero-order valence-corrected chi connectivity index (χ0v) is 20.8. The van der Waals surface area contributed by atoms with E-state index in [-0.39, 0.29) is 5.69 Å². The molecule has 4 aromatic rings. The van der Waals surface area contributed by atoms with Crippen molar-refractivity contribution in [2.24, 2.45) is 5.92 Å². The molecule has 36 heavy (non-hydrogen) atoms. The SMILES string of the molecule is CC=CCc1nn(CCC2CCCCC2)c(=O)n1Cc1ccc(-c2ccccc2-n2cnnn2)cc1. The van der Waals surface area contributed by atoms with Crippen molar-refractivity contribution in [3.8, 4) is 16.8 Å². The van der Waals surface area contributed by atoms with Crippen LogP contribution in [0.1, 0.15) is 56.8 Å². The minimum absolute atomic E-state index is 0.0154. The molecule has 0 N–H and O–H groups in total. The maximum Gasteiger partial charge on any atom is 0.346 e. The first-order chi connectivity index (χ1) is 17.7. The quantitative estimate of drug-likeness (QED) is 0.319. The molecule has 0 radical (unpaired) electrons. The van der Waals surface area contributed by atoms with Crippen molar-refractivity contribution >= 4 is 0 Å². The lowest BCUT2D eigenvalue weighted by molar-refractivity contribution is 0.316. The summed E-state index contributed by atoms with van der Waals surface area (Å²) in [5.41, 5.74) is 4.07. The molecule has 1 aliphatic carbocycles. The summed E-state index contributed by atoms with van der Waals surface area (Å²) in [6, 6.07) is 16.4. The fourth-order valence-corrected chi connectivity index (χ4v) is 5.11. The second kappa shape index (κ2) is 11.3. The number of tetrazole rings is 1. The number of benzene rings is 2. The summed E-state index contributed by atoms with van der Waals surface area (Å²) in [6.07, 6.45) is 13.9. The van der Waals surface area contributed by atoms with Gasteiger partial charge in [0.25, 0.3) is 0 Å². The topological polar surface area (TPSA) is 83.4 Å². The van der Waals surface area contributed by atoms with E-state index in [1.54, 1.807) is 15.7 Å². The molecular weight excluding hydrogens is 450 g/mol. The number of rotatable bonds is 9. The Bertz CT molecular complexity index is 1340. The molecule has 0 spiro atoms. The number of nitrogens with zero attached hydrogens (tertiary/aromatic N) is 7. The van der Waals surface area contributed by atoms with Crippen molar-refractivity contribution in [1.29, 1.82) is 0 Å². The monoisotopic (exact) mass is 483 g/mol. The van der Waals surface area contributed by atoms with E-state index in [4.69, 9.17) is 5.10 Å². The van der Waals surface area contributed by atoms with Gasteiger partial charge in [-0.2, -0.15) is 9.78 Å². The van der Waals surface area contributed by atoms with Crippen molar-refractivity contribution in [1.82, 2.24) is 34.6 Å². The largest absolute Gasteiger partial charge is 0.346 e. The third-order valence-electron chi connectivity index (χ3n) is 7.11. The summed E-state index contributed by atoms with van der Waals surface area (Å²) in [4.78, 5) is 13.3. The average Bonchev–Trinajstić information content (AvgIpc) is 3.56. The fraction of sp³-hybridized carbons (Fsp3) is 0.393. The molecule has 1 aliphatic rings. The van der Waals surface area contributed by atoms with Crippen LogP contribution in [0.2, 0.25) is 0 Å². The Morgan fingerprint density at radius 1 is 1.03 bits per heavy atom. The Morgan fingerprint density at radius 3 is 2.58 bits per heavy atom. The van der Waals surface area contributed by atoms with Crippen LogP contribution in [0.5, 0.6) is 0 Å². The number of allylic oxidation sites excluding steroid dienone is 2. The standard InChI is InChI=1S/C28H33N7O/c1-2-3-13-27-30-34(19-18-22-9-5-4-6-10-22)28(36)33(27)20-23-14-16-24(17-15-23)25-11-7-8-12-26(25)35-21-29-31-32-35/h2-3,7-8,11-12,14-17,21-22H,4-6,9-10,13,18-20H2,1H3. The number of hydrogen-bond acceptors (Lipinski definition) is 5. The third kappa shape index (κ3) is 5.37. The second-order valence-corrected chi connectivity index (χ2v) is 9.54. The highest BCUT2D eigenvalue weighted by Crippen LogP contribution is 2.27. The molecule has 186 valence electrons.